The van der Waals surface area contributed by atoms with Gasteiger partial charge < -0.3 is 16.0 Å². The highest BCUT2D eigenvalue weighted by molar-refractivity contribution is 5.98. The van der Waals surface area contributed by atoms with Crippen molar-refractivity contribution in [3.8, 4) is 0 Å². The maximum atomic E-state index is 11.5. The van der Waals surface area contributed by atoms with Crippen molar-refractivity contribution in [3.63, 3.8) is 0 Å². The fourth-order valence-corrected chi connectivity index (χ4v) is 2.62. The number of aryl methyl sites for hydroxylation is 1. The van der Waals surface area contributed by atoms with E-state index in [0.717, 1.165) is 37.3 Å². The lowest BCUT2D eigenvalue weighted by Crippen LogP contribution is -2.38. The summed E-state index contributed by atoms with van der Waals surface area (Å²) in [6.45, 7) is 7.05. The molecule has 1 aliphatic rings. The van der Waals surface area contributed by atoms with E-state index in [1.165, 1.54) is 0 Å². The molecule has 3 N–H and O–H groups in total. The molecule has 0 radical (unpaired) electrons. The summed E-state index contributed by atoms with van der Waals surface area (Å²) in [5, 5.41) is 3.36. The molecule has 1 atom stereocenters. The van der Waals surface area contributed by atoms with Crippen LogP contribution in [0.4, 0.5) is 5.69 Å². The highest BCUT2D eigenvalue weighted by atomic mass is 16.1. The van der Waals surface area contributed by atoms with Crippen molar-refractivity contribution in [1.29, 1.82) is 0 Å². The van der Waals surface area contributed by atoms with Gasteiger partial charge in [-0.2, -0.15) is 0 Å². The standard InChI is InChI=1S/C14H21N3O/c1-3-17(11-6-7-16-9-11)13-8-10(2)4-5-12(13)14(15)18/h4-5,8,11,16H,3,6-7,9H2,1-2H3,(H2,15,18). The monoisotopic (exact) mass is 247 g/mol. The van der Waals surface area contributed by atoms with Gasteiger partial charge in [0.05, 0.1) is 11.3 Å². The molecule has 1 heterocycles. The van der Waals surface area contributed by atoms with Gasteiger partial charge in [-0.3, -0.25) is 4.79 Å². The maximum absolute atomic E-state index is 11.5. The van der Waals surface area contributed by atoms with Crippen LogP contribution in [0, 0.1) is 6.92 Å². The molecule has 1 unspecified atom stereocenters. The number of primary amides is 1. The molecule has 4 heteroatoms. The summed E-state index contributed by atoms with van der Waals surface area (Å²) in [4.78, 5) is 13.8. The number of hydrogen-bond acceptors (Lipinski definition) is 3. The molecule has 1 amide bonds. The second-order valence-corrected chi connectivity index (χ2v) is 4.82. The number of amides is 1. The second kappa shape index (κ2) is 5.40. The van der Waals surface area contributed by atoms with Crippen LogP contribution in [0.3, 0.4) is 0 Å². The summed E-state index contributed by atoms with van der Waals surface area (Å²) in [7, 11) is 0. The number of nitrogens with zero attached hydrogens (tertiary/aromatic N) is 1. The number of anilines is 1. The number of benzene rings is 1. The first kappa shape index (κ1) is 12.9. The maximum Gasteiger partial charge on any atom is 0.250 e. The van der Waals surface area contributed by atoms with Crippen molar-refractivity contribution >= 4 is 11.6 Å². The zero-order valence-electron chi connectivity index (χ0n) is 11.1. The third kappa shape index (κ3) is 2.48. The highest BCUT2D eigenvalue weighted by Gasteiger charge is 2.24. The van der Waals surface area contributed by atoms with Crippen LogP contribution in [0.25, 0.3) is 0 Å². The van der Waals surface area contributed by atoms with E-state index >= 15 is 0 Å². The molecule has 1 fully saturated rings. The zero-order valence-corrected chi connectivity index (χ0v) is 11.1. The zero-order chi connectivity index (χ0) is 13.1. The van der Waals surface area contributed by atoms with Crippen LogP contribution in [0.1, 0.15) is 29.3 Å². The van der Waals surface area contributed by atoms with Crippen molar-refractivity contribution in [3.05, 3.63) is 29.3 Å². The Labute approximate surface area is 108 Å². The average molecular weight is 247 g/mol. The number of nitrogens with one attached hydrogen (secondary N) is 1. The van der Waals surface area contributed by atoms with E-state index in [9.17, 15) is 4.79 Å². The Balaban J connectivity index is 2.39. The van der Waals surface area contributed by atoms with Gasteiger partial charge in [0.15, 0.2) is 0 Å². The number of hydrogen-bond donors (Lipinski definition) is 2. The lowest BCUT2D eigenvalue weighted by atomic mass is 10.1. The number of rotatable bonds is 4. The van der Waals surface area contributed by atoms with E-state index in [2.05, 4.69) is 23.2 Å². The molecule has 98 valence electrons. The minimum absolute atomic E-state index is 0.352. The Bertz CT molecular complexity index is 439. The van der Waals surface area contributed by atoms with Crippen LogP contribution in [0.5, 0.6) is 0 Å². The second-order valence-electron chi connectivity index (χ2n) is 4.82. The Kier molecular flexibility index (Phi) is 3.87. The summed E-state index contributed by atoms with van der Waals surface area (Å²) in [6, 6.07) is 6.28. The first-order valence-corrected chi connectivity index (χ1v) is 6.51. The molecule has 1 aromatic rings. The lowest BCUT2D eigenvalue weighted by molar-refractivity contribution is 0.100. The molecular formula is C14H21N3O. The molecular weight excluding hydrogens is 226 g/mol. The molecule has 0 spiro atoms. The minimum Gasteiger partial charge on any atom is -0.367 e. The van der Waals surface area contributed by atoms with Crippen LogP contribution < -0.4 is 16.0 Å². The van der Waals surface area contributed by atoms with Gasteiger partial charge in [0.25, 0.3) is 5.91 Å². The van der Waals surface area contributed by atoms with Gasteiger partial charge in [0, 0.05) is 19.1 Å². The molecule has 4 nitrogen and oxygen atoms in total. The fraction of sp³-hybridized carbons (Fsp3) is 0.500. The highest BCUT2D eigenvalue weighted by Crippen LogP contribution is 2.25. The summed E-state index contributed by atoms with van der Waals surface area (Å²) in [5.41, 5.74) is 8.22. The first-order valence-electron chi connectivity index (χ1n) is 6.51. The smallest absolute Gasteiger partial charge is 0.250 e. The van der Waals surface area contributed by atoms with Gasteiger partial charge in [-0.1, -0.05) is 6.07 Å². The predicted octanol–water partition coefficient (Wildman–Crippen LogP) is 1.28. The normalized spacial score (nSPS) is 18.9. The Hall–Kier alpha value is -1.55. The summed E-state index contributed by atoms with van der Waals surface area (Å²) in [6.07, 6.45) is 1.11. The van der Waals surface area contributed by atoms with Crippen molar-refractivity contribution in [1.82, 2.24) is 5.32 Å². The molecule has 1 aliphatic heterocycles. The topological polar surface area (TPSA) is 58.4 Å². The third-order valence-electron chi connectivity index (χ3n) is 3.54. The summed E-state index contributed by atoms with van der Waals surface area (Å²) < 4.78 is 0. The molecule has 0 aliphatic carbocycles. The molecule has 0 bridgehead atoms. The number of carbonyl (C=O) groups is 1. The Morgan fingerprint density at radius 3 is 2.89 bits per heavy atom. The van der Waals surface area contributed by atoms with Crippen LogP contribution >= 0.6 is 0 Å². The number of carbonyl (C=O) groups excluding carboxylic acids is 1. The quantitative estimate of drug-likeness (QED) is 0.842. The van der Waals surface area contributed by atoms with Gasteiger partial charge in [-0.05, 0) is 44.5 Å². The number of likely N-dealkylation sites (N-methyl/N-ethyl adjacent to an activating group) is 1. The predicted molar refractivity (Wildman–Crippen MR) is 74.0 cm³/mol. The number of nitrogens with two attached hydrogens (primary N) is 1. The van der Waals surface area contributed by atoms with Crippen LogP contribution in [-0.4, -0.2) is 31.6 Å². The molecule has 0 aromatic heterocycles. The van der Waals surface area contributed by atoms with Gasteiger partial charge in [0.2, 0.25) is 0 Å². The average Bonchev–Trinajstić information content (AvgIpc) is 2.83. The van der Waals surface area contributed by atoms with Crippen LogP contribution in [0.15, 0.2) is 18.2 Å². The summed E-state index contributed by atoms with van der Waals surface area (Å²) >= 11 is 0. The van der Waals surface area contributed by atoms with Crippen molar-refractivity contribution in [2.45, 2.75) is 26.3 Å². The first-order chi connectivity index (χ1) is 8.63. The van der Waals surface area contributed by atoms with Crippen LogP contribution in [0.2, 0.25) is 0 Å². The Morgan fingerprint density at radius 2 is 2.33 bits per heavy atom. The summed E-state index contributed by atoms with van der Waals surface area (Å²) in [5.74, 6) is -0.352. The molecule has 1 saturated heterocycles. The van der Waals surface area contributed by atoms with E-state index in [1.807, 2.05) is 19.1 Å². The lowest BCUT2D eigenvalue weighted by Gasteiger charge is -2.31. The van der Waals surface area contributed by atoms with E-state index in [1.54, 1.807) is 0 Å². The largest absolute Gasteiger partial charge is 0.367 e. The van der Waals surface area contributed by atoms with E-state index in [-0.39, 0.29) is 5.91 Å². The van der Waals surface area contributed by atoms with E-state index in [0.29, 0.717) is 11.6 Å². The van der Waals surface area contributed by atoms with Gasteiger partial charge in [-0.15, -0.1) is 0 Å². The van der Waals surface area contributed by atoms with Gasteiger partial charge >= 0.3 is 0 Å². The van der Waals surface area contributed by atoms with Gasteiger partial charge in [-0.25, -0.2) is 0 Å². The molecule has 18 heavy (non-hydrogen) atoms. The van der Waals surface area contributed by atoms with Crippen molar-refractivity contribution in [2.75, 3.05) is 24.5 Å². The van der Waals surface area contributed by atoms with E-state index < -0.39 is 0 Å². The third-order valence-corrected chi connectivity index (χ3v) is 3.54. The minimum atomic E-state index is -0.352. The fourth-order valence-electron chi connectivity index (χ4n) is 2.62. The molecule has 1 aromatic carbocycles. The Morgan fingerprint density at radius 1 is 1.56 bits per heavy atom. The van der Waals surface area contributed by atoms with Gasteiger partial charge in [0.1, 0.15) is 0 Å². The molecule has 2 rings (SSSR count). The van der Waals surface area contributed by atoms with Crippen LogP contribution in [-0.2, 0) is 0 Å². The molecule has 0 saturated carbocycles. The van der Waals surface area contributed by atoms with Crippen molar-refractivity contribution in [2.24, 2.45) is 5.73 Å². The SMILES string of the molecule is CCN(c1cc(C)ccc1C(N)=O)C1CCNC1. The van der Waals surface area contributed by atoms with E-state index in [4.69, 9.17) is 5.73 Å². The van der Waals surface area contributed by atoms with Crippen molar-refractivity contribution < 1.29 is 4.79 Å².